The molecule has 0 amide bonds. The Labute approximate surface area is 117 Å². The number of ether oxygens (including phenoxy) is 1. The number of para-hydroxylation sites is 1. The summed E-state index contributed by atoms with van der Waals surface area (Å²) in [7, 11) is 0. The monoisotopic (exact) mass is 281 g/mol. The van der Waals surface area contributed by atoms with Crippen LogP contribution in [0.1, 0.15) is 12.5 Å². The summed E-state index contributed by atoms with van der Waals surface area (Å²) >= 11 is 1.98. The first-order valence-corrected chi connectivity index (χ1v) is 7.60. The van der Waals surface area contributed by atoms with Gasteiger partial charge in [0.05, 0.1) is 0 Å². The zero-order valence-corrected chi connectivity index (χ0v) is 11.9. The van der Waals surface area contributed by atoms with E-state index < -0.39 is 12.1 Å². The van der Waals surface area contributed by atoms with Crippen LogP contribution in [0.15, 0.2) is 24.3 Å². The summed E-state index contributed by atoms with van der Waals surface area (Å²) in [5.74, 6) is 2.06. The van der Waals surface area contributed by atoms with Gasteiger partial charge < -0.3 is 9.84 Å². The van der Waals surface area contributed by atoms with Crippen LogP contribution < -0.4 is 4.74 Å². The Morgan fingerprint density at radius 2 is 2.11 bits per heavy atom. The third-order valence-electron chi connectivity index (χ3n) is 3.12. The molecule has 19 heavy (non-hydrogen) atoms. The Hall–Kier alpha value is -1.20. The Balaban J connectivity index is 2.04. The van der Waals surface area contributed by atoms with Gasteiger partial charge >= 0.3 is 5.97 Å². The van der Waals surface area contributed by atoms with Gasteiger partial charge in [-0.25, -0.2) is 4.79 Å². The van der Waals surface area contributed by atoms with Crippen molar-refractivity contribution in [3.05, 3.63) is 29.8 Å². The van der Waals surface area contributed by atoms with Gasteiger partial charge in [-0.2, -0.15) is 11.8 Å². The number of hydrogen-bond acceptors (Lipinski definition) is 4. The molecule has 0 saturated carbocycles. The maximum atomic E-state index is 10.9. The van der Waals surface area contributed by atoms with Gasteiger partial charge in [-0.05, 0) is 13.0 Å². The SMILES string of the molecule is CC(Oc1ccccc1CN1CCSCC1)C(=O)O. The fourth-order valence-electron chi connectivity index (χ4n) is 1.99. The van der Waals surface area contributed by atoms with Crippen molar-refractivity contribution in [1.82, 2.24) is 4.90 Å². The van der Waals surface area contributed by atoms with Crippen LogP contribution in [0, 0.1) is 0 Å². The van der Waals surface area contributed by atoms with Gasteiger partial charge in [-0.3, -0.25) is 4.90 Å². The Morgan fingerprint density at radius 3 is 2.79 bits per heavy atom. The lowest BCUT2D eigenvalue weighted by Crippen LogP contribution is -2.32. The quantitative estimate of drug-likeness (QED) is 0.895. The second-order valence-electron chi connectivity index (χ2n) is 4.59. The molecule has 0 aromatic heterocycles. The van der Waals surface area contributed by atoms with Crippen LogP contribution >= 0.6 is 11.8 Å². The molecule has 1 unspecified atom stereocenters. The van der Waals surface area contributed by atoms with Crippen LogP contribution in [0.5, 0.6) is 5.75 Å². The standard InChI is InChI=1S/C14H19NO3S/c1-11(14(16)17)18-13-5-3-2-4-12(13)10-15-6-8-19-9-7-15/h2-5,11H,6-10H2,1H3,(H,16,17). The molecule has 1 heterocycles. The molecule has 4 nitrogen and oxygen atoms in total. The first-order valence-electron chi connectivity index (χ1n) is 6.44. The fraction of sp³-hybridized carbons (Fsp3) is 0.500. The molecule has 1 saturated heterocycles. The molecular weight excluding hydrogens is 262 g/mol. The summed E-state index contributed by atoms with van der Waals surface area (Å²) in [6.45, 7) is 4.53. The highest BCUT2D eigenvalue weighted by molar-refractivity contribution is 7.99. The van der Waals surface area contributed by atoms with Crippen molar-refractivity contribution in [3.63, 3.8) is 0 Å². The van der Waals surface area contributed by atoms with Gasteiger partial charge in [0.15, 0.2) is 6.10 Å². The molecule has 1 aliphatic heterocycles. The molecule has 1 fully saturated rings. The van der Waals surface area contributed by atoms with Gasteiger partial charge in [-0.1, -0.05) is 18.2 Å². The normalized spacial score (nSPS) is 17.9. The number of benzene rings is 1. The summed E-state index contributed by atoms with van der Waals surface area (Å²) in [6.07, 6.45) is -0.821. The summed E-state index contributed by atoms with van der Waals surface area (Å²) in [5, 5.41) is 8.92. The molecule has 2 rings (SSSR count). The van der Waals surface area contributed by atoms with E-state index in [2.05, 4.69) is 4.90 Å². The number of rotatable bonds is 5. The molecule has 1 aromatic carbocycles. The number of carbonyl (C=O) groups is 1. The topological polar surface area (TPSA) is 49.8 Å². The smallest absolute Gasteiger partial charge is 0.344 e. The Morgan fingerprint density at radius 1 is 1.42 bits per heavy atom. The van der Waals surface area contributed by atoms with Crippen molar-refractivity contribution in [1.29, 1.82) is 0 Å². The van der Waals surface area contributed by atoms with Crippen LogP contribution in [0.3, 0.4) is 0 Å². The average Bonchev–Trinajstić information content (AvgIpc) is 2.42. The first kappa shape index (κ1) is 14.2. The lowest BCUT2D eigenvalue weighted by molar-refractivity contribution is -0.144. The van der Waals surface area contributed by atoms with Crippen molar-refractivity contribution in [3.8, 4) is 5.75 Å². The van der Waals surface area contributed by atoms with Gasteiger partial charge in [0.25, 0.3) is 0 Å². The van der Waals surface area contributed by atoms with Crippen molar-refractivity contribution >= 4 is 17.7 Å². The van der Waals surface area contributed by atoms with E-state index in [1.807, 2.05) is 36.0 Å². The second kappa shape index (κ2) is 6.82. The minimum Gasteiger partial charge on any atom is -0.479 e. The number of thioether (sulfide) groups is 1. The van der Waals surface area contributed by atoms with Crippen molar-refractivity contribution in [2.24, 2.45) is 0 Å². The maximum absolute atomic E-state index is 10.9. The zero-order chi connectivity index (χ0) is 13.7. The van der Waals surface area contributed by atoms with E-state index in [1.165, 1.54) is 0 Å². The van der Waals surface area contributed by atoms with E-state index in [1.54, 1.807) is 6.92 Å². The summed E-state index contributed by atoms with van der Waals surface area (Å²) < 4.78 is 5.52. The Kier molecular flexibility index (Phi) is 5.10. The van der Waals surface area contributed by atoms with Crippen molar-refractivity contribution in [2.75, 3.05) is 24.6 Å². The summed E-state index contributed by atoms with van der Waals surface area (Å²) in [4.78, 5) is 13.2. The minimum absolute atomic E-state index is 0.677. The average molecular weight is 281 g/mol. The van der Waals surface area contributed by atoms with Gasteiger partial charge in [-0.15, -0.1) is 0 Å². The predicted octanol–water partition coefficient (Wildman–Crippen LogP) is 2.09. The maximum Gasteiger partial charge on any atom is 0.344 e. The van der Waals surface area contributed by atoms with E-state index in [0.29, 0.717) is 5.75 Å². The van der Waals surface area contributed by atoms with Gasteiger partial charge in [0.2, 0.25) is 0 Å². The van der Waals surface area contributed by atoms with Crippen LogP contribution in [0.2, 0.25) is 0 Å². The molecule has 1 N–H and O–H groups in total. The van der Waals surface area contributed by atoms with E-state index in [0.717, 1.165) is 36.7 Å². The largest absolute Gasteiger partial charge is 0.479 e. The van der Waals surface area contributed by atoms with Crippen LogP contribution in [-0.4, -0.2) is 46.7 Å². The third kappa shape index (κ3) is 4.14. The number of hydrogen-bond donors (Lipinski definition) is 1. The molecule has 1 aliphatic rings. The molecule has 1 aromatic rings. The number of carboxylic acid groups (broad SMARTS) is 1. The fourth-order valence-corrected chi connectivity index (χ4v) is 2.97. The lowest BCUT2D eigenvalue weighted by Gasteiger charge is -2.27. The number of carboxylic acids is 1. The van der Waals surface area contributed by atoms with E-state index in [9.17, 15) is 4.79 Å². The first-order chi connectivity index (χ1) is 9.16. The van der Waals surface area contributed by atoms with Crippen molar-refractivity contribution < 1.29 is 14.6 Å². The molecule has 0 aliphatic carbocycles. The van der Waals surface area contributed by atoms with Crippen molar-refractivity contribution in [2.45, 2.75) is 19.6 Å². The third-order valence-corrected chi connectivity index (χ3v) is 4.06. The van der Waals surface area contributed by atoms with E-state index in [-0.39, 0.29) is 0 Å². The lowest BCUT2D eigenvalue weighted by atomic mass is 10.2. The van der Waals surface area contributed by atoms with Gasteiger partial charge in [0, 0.05) is 36.7 Å². The van der Waals surface area contributed by atoms with Crippen LogP contribution in [0.25, 0.3) is 0 Å². The summed E-state index contributed by atoms with van der Waals surface area (Å²) in [5.41, 5.74) is 1.06. The second-order valence-corrected chi connectivity index (χ2v) is 5.82. The van der Waals surface area contributed by atoms with Crippen LogP contribution in [0.4, 0.5) is 0 Å². The minimum atomic E-state index is -0.941. The molecular formula is C14H19NO3S. The highest BCUT2D eigenvalue weighted by atomic mass is 32.2. The molecule has 0 spiro atoms. The van der Waals surface area contributed by atoms with Crippen LogP contribution in [-0.2, 0) is 11.3 Å². The Bertz CT molecular complexity index is 432. The zero-order valence-electron chi connectivity index (χ0n) is 11.0. The highest BCUT2D eigenvalue weighted by Gasteiger charge is 2.17. The predicted molar refractivity (Wildman–Crippen MR) is 76.8 cm³/mol. The van der Waals surface area contributed by atoms with E-state index in [4.69, 9.17) is 9.84 Å². The molecule has 1 atom stereocenters. The molecule has 0 bridgehead atoms. The summed E-state index contributed by atoms with van der Waals surface area (Å²) in [6, 6.07) is 7.69. The number of nitrogens with zero attached hydrogens (tertiary/aromatic N) is 1. The molecule has 5 heteroatoms. The molecule has 0 radical (unpaired) electrons. The van der Waals surface area contributed by atoms with E-state index >= 15 is 0 Å². The highest BCUT2D eigenvalue weighted by Crippen LogP contribution is 2.22. The molecule has 104 valence electrons. The number of aliphatic carboxylic acids is 1. The van der Waals surface area contributed by atoms with Gasteiger partial charge in [0.1, 0.15) is 5.75 Å².